The smallest absolute Gasteiger partial charge is 0.409 e. The van der Waals surface area contributed by atoms with Crippen molar-refractivity contribution in [3.8, 4) is 0 Å². The molecule has 1 heterocycles. The van der Waals surface area contributed by atoms with Gasteiger partial charge in [-0.15, -0.1) is 0 Å². The highest BCUT2D eigenvalue weighted by Gasteiger charge is 2.25. The van der Waals surface area contributed by atoms with Crippen LogP contribution in [0, 0.1) is 5.92 Å². The minimum atomic E-state index is -0.256. The first-order valence-electron chi connectivity index (χ1n) is 7.50. The van der Waals surface area contributed by atoms with Crippen LogP contribution >= 0.6 is 0 Å². The number of nitrogens with one attached hydrogen (secondary N) is 1. The van der Waals surface area contributed by atoms with Gasteiger partial charge in [0.15, 0.2) is 0 Å². The number of nitrogens with zero attached hydrogens (tertiary/aromatic N) is 1. The molecule has 1 rings (SSSR count). The maximum absolute atomic E-state index is 12.0. The first-order valence-corrected chi connectivity index (χ1v) is 7.50. The molecule has 116 valence electrons. The Morgan fingerprint density at radius 3 is 2.60 bits per heavy atom. The van der Waals surface area contributed by atoms with Crippen molar-refractivity contribution in [1.29, 1.82) is 0 Å². The van der Waals surface area contributed by atoms with E-state index >= 15 is 0 Å². The van der Waals surface area contributed by atoms with E-state index in [1.165, 1.54) is 0 Å². The van der Waals surface area contributed by atoms with Gasteiger partial charge >= 0.3 is 6.09 Å². The first kappa shape index (κ1) is 16.8. The van der Waals surface area contributed by atoms with E-state index in [1.54, 1.807) is 11.8 Å². The van der Waals surface area contributed by atoms with Crippen molar-refractivity contribution < 1.29 is 14.3 Å². The van der Waals surface area contributed by atoms with E-state index < -0.39 is 0 Å². The summed E-state index contributed by atoms with van der Waals surface area (Å²) in [5.41, 5.74) is 5.45. The lowest BCUT2D eigenvalue weighted by molar-refractivity contribution is -0.125. The van der Waals surface area contributed by atoms with Crippen molar-refractivity contribution in [2.45, 2.75) is 45.6 Å². The number of rotatable bonds is 6. The molecule has 0 aromatic heterocycles. The van der Waals surface area contributed by atoms with Crippen LogP contribution in [-0.4, -0.2) is 49.2 Å². The molecule has 1 unspecified atom stereocenters. The van der Waals surface area contributed by atoms with Crippen molar-refractivity contribution in [1.82, 2.24) is 10.2 Å². The summed E-state index contributed by atoms with van der Waals surface area (Å²) in [6, 6.07) is 0.161. The van der Waals surface area contributed by atoms with Crippen molar-refractivity contribution in [3.05, 3.63) is 0 Å². The Bertz CT molecular complexity index is 315. The number of carbonyl (C=O) groups excluding carboxylic acids is 2. The lowest BCUT2D eigenvalue weighted by Crippen LogP contribution is -2.47. The molecule has 1 saturated heterocycles. The van der Waals surface area contributed by atoms with Crippen LogP contribution in [0.5, 0.6) is 0 Å². The van der Waals surface area contributed by atoms with Crippen LogP contribution in [-0.2, 0) is 9.53 Å². The monoisotopic (exact) mass is 285 g/mol. The topological polar surface area (TPSA) is 84.7 Å². The molecule has 2 amide bonds. The van der Waals surface area contributed by atoms with Gasteiger partial charge in [-0.25, -0.2) is 4.79 Å². The SMILES string of the molecule is CCOC(=O)N1CCC(NC(=O)C(C)CCCN)CC1. The summed E-state index contributed by atoms with van der Waals surface area (Å²) in [5, 5.41) is 3.06. The highest BCUT2D eigenvalue weighted by molar-refractivity contribution is 5.78. The summed E-state index contributed by atoms with van der Waals surface area (Å²) in [7, 11) is 0. The van der Waals surface area contributed by atoms with Gasteiger partial charge in [0.2, 0.25) is 5.91 Å². The number of hydrogen-bond donors (Lipinski definition) is 2. The summed E-state index contributed by atoms with van der Waals surface area (Å²) in [5.74, 6) is 0.0923. The second kappa shape index (κ2) is 8.79. The highest BCUT2D eigenvalue weighted by Crippen LogP contribution is 2.13. The van der Waals surface area contributed by atoms with Gasteiger partial charge in [-0.3, -0.25) is 4.79 Å². The maximum atomic E-state index is 12.0. The molecule has 1 aliphatic rings. The number of carbonyl (C=O) groups is 2. The Balaban J connectivity index is 2.28. The molecule has 6 heteroatoms. The number of ether oxygens (including phenoxy) is 1. The fraction of sp³-hybridized carbons (Fsp3) is 0.857. The Morgan fingerprint density at radius 1 is 1.40 bits per heavy atom. The molecule has 0 aromatic carbocycles. The predicted octanol–water partition coefficient (Wildman–Crippen LogP) is 1.10. The number of piperidine rings is 1. The maximum Gasteiger partial charge on any atom is 0.409 e. The van der Waals surface area contributed by atoms with Crippen LogP contribution in [0.25, 0.3) is 0 Å². The van der Waals surface area contributed by atoms with Crippen molar-refractivity contribution >= 4 is 12.0 Å². The zero-order chi connectivity index (χ0) is 15.0. The molecule has 1 atom stereocenters. The second-order valence-electron chi connectivity index (χ2n) is 5.30. The third-order valence-electron chi connectivity index (χ3n) is 3.66. The molecule has 1 fully saturated rings. The Morgan fingerprint density at radius 2 is 2.05 bits per heavy atom. The van der Waals surface area contributed by atoms with Gasteiger partial charge in [0.25, 0.3) is 0 Å². The highest BCUT2D eigenvalue weighted by atomic mass is 16.6. The van der Waals surface area contributed by atoms with Gasteiger partial charge in [-0.2, -0.15) is 0 Å². The Kier molecular flexibility index (Phi) is 7.36. The van der Waals surface area contributed by atoms with E-state index in [0.717, 1.165) is 25.7 Å². The third kappa shape index (κ3) is 5.36. The van der Waals surface area contributed by atoms with Crippen molar-refractivity contribution in [3.63, 3.8) is 0 Å². The van der Waals surface area contributed by atoms with E-state index in [1.807, 2.05) is 6.92 Å². The van der Waals surface area contributed by atoms with Gasteiger partial charge in [0.05, 0.1) is 6.61 Å². The largest absolute Gasteiger partial charge is 0.450 e. The lowest BCUT2D eigenvalue weighted by Gasteiger charge is -2.32. The van der Waals surface area contributed by atoms with Crippen LogP contribution in [0.2, 0.25) is 0 Å². The van der Waals surface area contributed by atoms with Crippen LogP contribution in [0.3, 0.4) is 0 Å². The van der Waals surface area contributed by atoms with E-state index in [-0.39, 0.29) is 24.0 Å². The first-order chi connectivity index (χ1) is 9.58. The summed E-state index contributed by atoms with van der Waals surface area (Å²) < 4.78 is 4.97. The number of amides is 2. The van der Waals surface area contributed by atoms with Gasteiger partial charge in [-0.1, -0.05) is 6.92 Å². The molecule has 20 heavy (non-hydrogen) atoms. The minimum Gasteiger partial charge on any atom is -0.450 e. The number of hydrogen-bond acceptors (Lipinski definition) is 4. The quantitative estimate of drug-likeness (QED) is 0.765. The van der Waals surface area contributed by atoms with E-state index in [2.05, 4.69) is 5.32 Å². The standard InChI is InChI=1S/C14H27N3O3/c1-3-20-14(19)17-9-6-12(7-10-17)16-13(18)11(2)5-4-8-15/h11-12H,3-10,15H2,1-2H3,(H,16,18). The van der Waals surface area contributed by atoms with Gasteiger partial charge in [-0.05, 0) is 39.2 Å². The molecule has 0 aromatic rings. The summed E-state index contributed by atoms with van der Waals surface area (Å²) in [4.78, 5) is 25.2. The summed E-state index contributed by atoms with van der Waals surface area (Å²) >= 11 is 0. The molecule has 0 saturated carbocycles. The van der Waals surface area contributed by atoms with Gasteiger partial charge in [0, 0.05) is 25.0 Å². The van der Waals surface area contributed by atoms with Crippen LogP contribution in [0.4, 0.5) is 4.79 Å². The number of likely N-dealkylation sites (tertiary alicyclic amines) is 1. The molecule has 1 aliphatic heterocycles. The zero-order valence-corrected chi connectivity index (χ0v) is 12.6. The molecule has 6 nitrogen and oxygen atoms in total. The number of nitrogens with two attached hydrogens (primary N) is 1. The zero-order valence-electron chi connectivity index (χ0n) is 12.6. The fourth-order valence-corrected chi connectivity index (χ4v) is 2.32. The second-order valence-corrected chi connectivity index (χ2v) is 5.30. The third-order valence-corrected chi connectivity index (χ3v) is 3.66. The van der Waals surface area contributed by atoms with Gasteiger partial charge in [0.1, 0.15) is 0 Å². The minimum absolute atomic E-state index is 0.00152. The van der Waals surface area contributed by atoms with Crippen LogP contribution in [0.1, 0.15) is 39.5 Å². The molecular formula is C14H27N3O3. The average Bonchev–Trinajstić information content (AvgIpc) is 2.45. The van der Waals surface area contributed by atoms with Crippen molar-refractivity contribution in [2.75, 3.05) is 26.2 Å². The van der Waals surface area contributed by atoms with E-state index in [9.17, 15) is 9.59 Å². The normalized spacial score (nSPS) is 17.6. The molecule has 0 spiro atoms. The molecule has 0 aliphatic carbocycles. The van der Waals surface area contributed by atoms with Crippen LogP contribution in [0.15, 0.2) is 0 Å². The van der Waals surface area contributed by atoms with E-state index in [4.69, 9.17) is 10.5 Å². The molecule has 3 N–H and O–H groups in total. The summed E-state index contributed by atoms with van der Waals surface area (Å²) in [6.45, 7) is 6.03. The fourth-order valence-electron chi connectivity index (χ4n) is 2.32. The Hall–Kier alpha value is -1.30. The predicted molar refractivity (Wildman–Crippen MR) is 77.2 cm³/mol. The van der Waals surface area contributed by atoms with E-state index in [0.29, 0.717) is 26.2 Å². The lowest BCUT2D eigenvalue weighted by atomic mass is 10.0. The Labute approximate surface area is 121 Å². The molecular weight excluding hydrogens is 258 g/mol. The average molecular weight is 285 g/mol. The summed E-state index contributed by atoms with van der Waals surface area (Å²) in [6.07, 6.45) is 3.01. The van der Waals surface area contributed by atoms with Crippen molar-refractivity contribution in [2.24, 2.45) is 11.7 Å². The molecule has 0 radical (unpaired) electrons. The van der Waals surface area contributed by atoms with Gasteiger partial charge < -0.3 is 20.7 Å². The van der Waals surface area contributed by atoms with Crippen LogP contribution < -0.4 is 11.1 Å². The molecule has 0 bridgehead atoms.